The monoisotopic (exact) mass is 225 g/mol. The van der Waals surface area contributed by atoms with Crippen molar-refractivity contribution in [2.75, 3.05) is 19.0 Å². The Bertz CT molecular complexity index is 695. The minimum atomic E-state index is 0.960. The molecule has 0 aliphatic rings. The van der Waals surface area contributed by atoms with Crippen LogP contribution in [0.15, 0.2) is 40.8 Å². The fourth-order valence-corrected chi connectivity index (χ4v) is 2.40. The van der Waals surface area contributed by atoms with Crippen molar-refractivity contribution in [3.63, 3.8) is 0 Å². The van der Waals surface area contributed by atoms with Crippen molar-refractivity contribution in [1.29, 1.82) is 0 Å². The van der Waals surface area contributed by atoms with Crippen molar-refractivity contribution in [2.45, 2.75) is 6.92 Å². The van der Waals surface area contributed by atoms with Crippen LogP contribution in [0.3, 0.4) is 0 Å². The lowest BCUT2D eigenvalue weighted by atomic mass is 10.1. The number of rotatable bonds is 1. The van der Waals surface area contributed by atoms with Crippen LogP contribution in [0.4, 0.5) is 5.69 Å². The summed E-state index contributed by atoms with van der Waals surface area (Å²) in [5.74, 6) is 0. The summed E-state index contributed by atoms with van der Waals surface area (Å²) in [6.45, 7) is 2.11. The average Bonchev–Trinajstić information content (AvgIpc) is 2.69. The molecule has 0 amide bonds. The van der Waals surface area contributed by atoms with Gasteiger partial charge >= 0.3 is 0 Å². The number of anilines is 1. The first-order valence-corrected chi connectivity index (χ1v) is 5.76. The second kappa shape index (κ2) is 3.52. The molecule has 3 rings (SSSR count). The molecule has 0 N–H and O–H groups in total. The molecule has 1 aromatic heterocycles. The van der Waals surface area contributed by atoms with Crippen molar-refractivity contribution in [2.24, 2.45) is 0 Å². The lowest BCUT2D eigenvalue weighted by molar-refractivity contribution is 0.665. The minimum absolute atomic E-state index is 0.960. The molecule has 17 heavy (non-hydrogen) atoms. The van der Waals surface area contributed by atoms with Gasteiger partial charge in [-0.3, -0.25) is 0 Å². The van der Waals surface area contributed by atoms with E-state index in [0.717, 1.165) is 11.2 Å². The SMILES string of the molecule is Cc1c(N(C)C)ccc2c1oc1ccccc12. The molecule has 2 nitrogen and oxygen atoms in total. The third kappa shape index (κ3) is 1.41. The Morgan fingerprint density at radius 2 is 1.71 bits per heavy atom. The van der Waals surface area contributed by atoms with Gasteiger partial charge in [0.2, 0.25) is 0 Å². The molecular formula is C15H15NO. The number of hydrogen-bond donors (Lipinski definition) is 0. The Balaban J connectivity index is 2.44. The highest BCUT2D eigenvalue weighted by molar-refractivity contribution is 6.07. The largest absolute Gasteiger partial charge is 0.456 e. The Labute approximate surface area is 100 Å². The molecule has 0 spiro atoms. The van der Waals surface area contributed by atoms with Gasteiger partial charge in [0.1, 0.15) is 11.2 Å². The predicted octanol–water partition coefficient (Wildman–Crippen LogP) is 3.96. The first-order valence-electron chi connectivity index (χ1n) is 5.76. The first kappa shape index (κ1) is 10.2. The number of nitrogens with zero attached hydrogens (tertiary/aromatic N) is 1. The Kier molecular flexibility index (Phi) is 2.11. The number of hydrogen-bond acceptors (Lipinski definition) is 2. The number of furan rings is 1. The smallest absolute Gasteiger partial charge is 0.140 e. The molecule has 1 heterocycles. The average molecular weight is 225 g/mol. The fourth-order valence-electron chi connectivity index (χ4n) is 2.40. The van der Waals surface area contributed by atoms with Gasteiger partial charge in [0.15, 0.2) is 0 Å². The summed E-state index contributed by atoms with van der Waals surface area (Å²) >= 11 is 0. The third-order valence-electron chi connectivity index (χ3n) is 3.25. The summed E-state index contributed by atoms with van der Waals surface area (Å²) in [6, 6.07) is 12.5. The molecule has 0 saturated carbocycles. The molecule has 0 saturated heterocycles. The van der Waals surface area contributed by atoms with Crippen LogP contribution in [0.25, 0.3) is 21.9 Å². The highest BCUT2D eigenvalue weighted by Crippen LogP contribution is 2.34. The van der Waals surface area contributed by atoms with Crippen LogP contribution in [0.5, 0.6) is 0 Å². The first-order chi connectivity index (χ1) is 8.18. The molecule has 2 aromatic carbocycles. The zero-order chi connectivity index (χ0) is 12.0. The number of para-hydroxylation sites is 1. The van der Waals surface area contributed by atoms with Crippen molar-refractivity contribution >= 4 is 27.6 Å². The Morgan fingerprint density at radius 3 is 2.47 bits per heavy atom. The van der Waals surface area contributed by atoms with Gasteiger partial charge < -0.3 is 9.32 Å². The van der Waals surface area contributed by atoms with Crippen molar-refractivity contribution in [3.05, 3.63) is 42.0 Å². The van der Waals surface area contributed by atoms with Gasteiger partial charge in [-0.1, -0.05) is 18.2 Å². The normalized spacial score (nSPS) is 11.2. The Hall–Kier alpha value is -1.96. The van der Waals surface area contributed by atoms with Crippen molar-refractivity contribution in [3.8, 4) is 0 Å². The third-order valence-corrected chi connectivity index (χ3v) is 3.25. The maximum Gasteiger partial charge on any atom is 0.140 e. The van der Waals surface area contributed by atoms with Crippen LogP contribution in [0.1, 0.15) is 5.56 Å². The molecule has 0 atom stereocenters. The zero-order valence-electron chi connectivity index (χ0n) is 10.3. The van der Waals surface area contributed by atoms with Gasteiger partial charge in [-0.25, -0.2) is 0 Å². The molecular weight excluding hydrogens is 210 g/mol. The van der Waals surface area contributed by atoms with Gasteiger partial charge in [-0.05, 0) is 25.1 Å². The number of aryl methyl sites for hydroxylation is 1. The maximum absolute atomic E-state index is 5.95. The van der Waals surface area contributed by atoms with E-state index in [1.165, 1.54) is 22.0 Å². The molecule has 0 bridgehead atoms. The minimum Gasteiger partial charge on any atom is -0.456 e. The summed E-state index contributed by atoms with van der Waals surface area (Å²) in [7, 11) is 4.10. The highest BCUT2D eigenvalue weighted by Gasteiger charge is 2.11. The number of benzene rings is 2. The lowest BCUT2D eigenvalue weighted by Gasteiger charge is -2.15. The van der Waals surface area contributed by atoms with E-state index in [1.54, 1.807) is 0 Å². The van der Waals surface area contributed by atoms with E-state index < -0.39 is 0 Å². The van der Waals surface area contributed by atoms with E-state index in [4.69, 9.17) is 4.42 Å². The van der Waals surface area contributed by atoms with Crippen LogP contribution in [-0.4, -0.2) is 14.1 Å². The molecule has 0 radical (unpaired) electrons. The molecule has 2 heteroatoms. The molecule has 0 unspecified atom stereocenters. The molecule has 0 fully saturated rings. The van der Waals surface area contributed by atoms with E-state index in [9.17, 15) is 0 Å². The van der Waals surface area contributed by atoms with Gasteiger partial charge in [0.05, 0.1) is 0 Å². The summed E-state index contributed by atoms with van der Waals surface area (Å²) < 4.78 is 5.95. The highest BCUT2D eigenvalue weighted by atomic mass is 16.3. The van der Waals surface area contributed by atoms with E-state index in [-0.39, 0.29) is 0 Å². The van der Waals surface area contributed by atoms with Crippen LogP contribution in [-0.2, 0) is 0 Å². The quantitative estimate of drug-likeness (QED) is 0.623. The van der Waals surface area contributed by atoms with Gasteiger partial charge in [0, 0.05) is 36.1 Å². The molecule has 0 aliphatic carbocycles. The predicted molar refractivity (Wildman–Crippen MR) is 72.8 cm³/mol. The van der Waals surface area contributed by atoms with Crippen LogP contribution in [0.2, 0.25) is 0 Å². The van der Waals surface area contributed by atoms with E-state index in [2.05, 4.69) is 44.1 Å². The van der Waals surface area contributed by atoms with E-state index in [0.29, 0.717) is 0 Å². The summed E-state index contributed by atoms with van der Waals surface area (Å²) in [4.78, 5) is 2.11. The van der Waals surface area contributed by atoms with Gasteiger partial charge in [0.25, 0.3) is 0 Å². The van der Waals surface area contributed by atoms with E-state index >= 15 is 0 Å². The van der Waals surface area contributed by atoms with Gasteiger partial charge in [-0.2, -0.15) is 0 Å². The maximum atomic E-state index is 5.95. The molecule has 0 aliphatic heterocycles. The molecule has 3 aromatic rings. The van der Waals surface area contributed by atoms with Gasteiger partial charge in [-0.15, -0.1) is 0 Å². The molecule has 86 valence electrons. The van der Waals surface area contributed by atoms with E-state index in [1.807, 2.05) is 18.2 Å². The lowest BCUT2D eigenvalue weighted by Crippen LogP contribution is -2.09. The Morgan fingerprint density at radius 1 is 0.941 bits per heavy atom. The summed E-state index contributed by atoms with van der Waals surface area (Å²) in [5, 5.41) is 2.39. The topological polar surface area (TPSA) is 16.4 Å². The number of fused-ring (bicyclic) bond motifs is 3. The zero-order valence-corrected chi connectivity index (χ0v) is 10.3. The van der Waals surface area contributed by atoms with Crippen LogP contribution >= 0.6 is 0 Å². The second-order valence-corrected chi connectivity index (χ2v) is 4.58. The fraction of sp³-hybridized carbons (Fsp3) is 0.200. The second-order valence-electron chi connectivity index (χ2n) is 4.58. The standard InChI is InChI=1S/C15H15NO/c1-10-13(16(2)3)9-8-12-11-6-4-5-7-14(11)17-15(10)12/h4-9H,1-3H3. The van der Waals surface area contributed by atoms with Crippen molar-refractivity contribution < 1.29 is 4.42 Å². The van der Waals surface area contributed by atoms with Crippen molar-refractivity contribution in [1.82, 2.24) is 0 Å². The summed E-state index contributed by atoms with van der Waals surface area (Å²) in [5.41, 5.74) is 4.36. The summed E-state index contributed by atoms with van der Waals surface area (Å²) in [6.07, 6.45) is 0. The van der Waals surface area contributed by atoms with Crippen LogP contribution < -0.4 is 4.90 Å². The van der Waals surface area contributed by atoms with Crippen LogP contribution in [0, 0.1) is 6.92 Å².